The summed E-state index contributed by atoms with van der Waals surface area (Å²) >= 11 is -1.54. The van der Waals surface area contributed by atoms with E-state index >= 15 is 0 Å². The number of hydrogen-bond acceptors (Lipinski definition) is 4. The Bertz CT molecular complexity index is 322. The first-order chi connectivity index (χ1) is 7.54. The van der Waals surface area contributed by atoms with Crippen LogP contribution < -0.4 is 10.8 Å². The van der Waals surface area contributed by atoms with Crippen LogP contribution in [0.5, 0.6) is 0 Å². The molecule has 0 aromatic heterocycles. The van der Waals surface area contributed by atoms with Gasteiger partial charge >= 0.3 is 11.3 Å². The second kappa shape index (κ2) is 4.43. The van der Waals surface area contributed by atoms with Gasteiger partial charge in [0.25, 0.3) is 0 Å². The van der Waals surface area contributed by atoms with Gasteiger partial charge in [-0.1, -0.05) is 13.8 Å². The van der Waals surface area contributed by atoms with Crippen LogP contribution in [0.1, 0.15) is 33.1 Å². The maximum absolute atomic E-state index is 11.0. The molecule has 0 saturated heterocycles. The molecule has 5 nitrogen and oxygen atoms in total. The smallest absolute Gasteiger partial charge is 0.309 e. The van der Waals surface area contributed by atoms with E-state index in [1.165, 1.54) is 0 Å². The second-order valence-electron chi connectivity index (χ2n) is 5.01. The van der Waals surface area contributed by atoms with Crippen LogP contribution >= 0.6 is 0 Å². The minimum Gasteiger partial charge on any atom is -0.314 e. The zero-order valence-corrected chi connectivity index (χ0v) is 10.8. The third kappa shape index (κ3) is 2.28. The molecule has 0 amide bonds. The van der Waals surface area contributed by atoms with E-state index in [4.69, 9.17) is 4.28 Å². The number of nitrogens with one attached hydrogen (secondary N) is 2. The van der Waals surface area contributed by atoms with Gasteiger partial charge in [0.1, 0.15) is 5.84 Å². The van der Waals surface area contributed by atoms with Gasteiger partial charge in [-0.05, 0) is 31.7 Å². The fourth-order valence-corrected chi connectivity index (χ4v) is 3.24. The topological polar surface area (TPSA) is 62.7 Å². The van der Waals surface area contributed by atoms with Gasteiger partial charge in [0.2, 0.25) is 0 Å². The molecule has 2 N–H and O–H groups in total. The zero-order chi connectivity index (χ0) is 11.8. The zero-order valence-electron chi connectivity index (χ0n) is 9.95. The molecule has 1 aliphatic heterocycles. The molecule has 0 spiro atoms. The lowest BCUT2D eigenvalue weighted by Gasteiger charge is -2.28. The maximum Gasteiger partial charge on any atom is 0.309 e. The Kier molecular flexibility index (Phi) is 3.32. The van der Waals surface area contributed by atoms with Crippen LogP contribution in [0, 0.1) is 11.8 Å². The van der Waals surface area contributed by atoms with Crippen molar-refractivity contribution in [1.82, 2.24) is 10.8 Å². The molecule has 16 heavy (non-hydrogen) atoms. The quantitative estimate of drug-likeness (QED) is 0.776. The Hall–Kier alpha value is -0.460. The monoisotopic (exact) mass is 245 g/mol. The molecular formula is C10H19N3O2S. The van der Waals surface area contributed by atoms with Crippen LogP contribution in [0.3, 0.4) is 0 Å². The summed E-state index contributed by atoms with van der Waals surface area (Å²) in [6, 6.07) is 0. The van der Waals surface area contributed by atoms with Gasteiger partial charge in [0, 0.05) is 12.0 Å². The molecule has 92 valence electrons. The summed E-state index contributed by atoms with van der Waals surface area (Å²) < 4.78 is 19.6. The third-order valence-corrected chi connectivity index (χ3v) is 4.44. The van der Waals surface area contributed by atoms with Gasteiger partial charge in [0.05, 0.1) is 0 Å². The fourth-order valence-electron chi connectivity index (χ4n) is 2.76. The van der Waals surface area contributed by atoms with Crippen LogP contribution in [0.25, 0.3) is 0 Å². The van der Waals surface area contributed by atoms with E-state index in [1.807, 2.05) is 7.05 Å². The summed E-state index contributed by atoms with van der Waals surface area (Å²) in [6.45, 7) is 4.56. The van der Waals surface area contributed by atoms with E-state index < -0.39 is 11.3 Å². The Morgan fingerprint density at radius 3 is 2.62 bits per heavy atom. The molecule has 0 aromatic carbocycles. The van der Waals surface area contributed by atoms with Crippen LogP contribution in [-0.4, -0.2) is 22.6 Å². The molecule has 6 heteroatoms. The molecule has 1 fully saturated rings. The van der Waals surface area contributed by atoms with Crippen LogP contribution in [0.2, 0.25) is 0 Å². The Labute approximate surface area is 98.8 Å². The maximum atomic E-state index is 11.0. The largest absolute Gasteiger partial charge is 0.314 e. The van der Waals surface area contributed by atoms with Crippen molar-refractivity contribution in [2.45, 2.75) is 38.6 Å². The van der Waals surface area contributed by atoms with Crippen molar-refractivity contribution in [3.05, 3.63) is 0 Å². The van der Waals surface area contributed by atoms with Crippen molar-refractivity contribution in [3.8, 4) is 0 Å². The molecule has 1 saturated carbocycles. The molecule has 2 aliphatic rings. The van der Waals surface area contributed by atoms with Crippen molar-refractivity contribution in [2.24, 2.45) is 16.2 Å². The Morgan fingerprint density at radius 1 is 1.56 bits per heavy atom. The molecule has 0 aromatic rings. The average Bonchev–Trinajstić information content (AvgIpc) is 2.74. The predicted octanol–water partition coefficient (Wildman–Crippen LogP) is 0.913. The normalized spacial score (nSPS) is 43.2. The molecule has 0 radical (unpaired) electrons. The summed E-state index contributed by atoms with van der Waals surface area (Å²) in [7, 11) is 1.98. The number of nitrogens with zero attached hydrogens (tertiary/aromatic N) is 1. The predicted molar refractivity (Wildman–Crippen MR) is 63.8 cm³/mol. The molecule has 3 unspecified atom stereocenters. The van der Waals surface area contributed by atoms with E-state index in [0.717, 1.165) is 19.3 Å². The molecule has 0 bridgehead atoms. The summed E-state index contributed by atoms with van der Waals surface area (Å²) in [6.07, 6.45) is 3.00. The number of rotatable bonds is 3. The van der Waals surface area contributed by atoms with Gasteiger partial charge < -0.3 is 5.32 Å². The number of hydroxylamine groups is 1. The number of hydrogen-bond donors (Lipinski definition) is 2. The third-order valence-electron chi connectivity index (χ3n) is 3.85. The van der Waals surface area contributed by atoms with Gasteiger partial charge in [-0.25, -0.2) is 9.69 Å². The van der Waals surface area contributed by atoms with Crippen molar-refractivity contribution in [3.63, 3.8) is 0 Å². The molecule has 1 heterocycles. The minimum atomic E-state index is -1.54. The first-order valence-corrected chi connectivity index (χ1v) is 6.69. The molecule has 3 atom stereocenters. The number of amidine groups is 1. The minimum absolute atomic E-state index is 0.0720. The summed E-state index contributed by atoms with van der Waals surface area (Å²) in [4.78, 5) is 0. The SMILES string of the molecule is CNC1(CC2=NS(=O)ON2)CC(C)C(C)C1. The molecule has 2 rings (SSSR count). The molecule has 1 aliphatic carbocycles. The summed E-state index contributed by atoms with van der Waals surface area (Å²) in [5, 5.41) is 3.40. The van der Waals surface area contributed by atoms with Gasteiger partial charge in [-0.15, -0.1) is 4.40 Å². The first-order valence-electron chi connectivity index (χ1n) is 5.66. The van der Waals surface area contributed by atoms with Gasteiger partial charge in [-0.2, -0.15) is 4.28 Å². The highest BCUT2D eigenvalue weighted by molar-refractivity contribution is 7.79. The van der Waals surface area contributed by atoms with Crippen molar-refractivity contribution in [1.29, 1.82) is 0 Å². The van der Waals surface area contributed by atoms with E-state index in [0.29, 0.717) is 17.7 Å². The standard InChI is InChI=1S/C10H19N3O2S/c1-7-4-10(11-3,5-8(7)2)6-9-12-15-16(14)13-9/h7-8,11H,4-6H2,1-3H3,(H,12,13). The van der Waals surface area contributed by atoms with E-state index in [9.17, 15) is 4.21 Å². The molecular weight excluding hydrogens is 226 g/mol. The first kappa shape index (κ1) is 12.0. The van der Waals surface area contributed by atoms with E-state index in [1.54, 1.807) is 0 Å². The van der Waals surface area contributed by atoms with Gasteiger partial charge in [0.15, 0.2) is 0 Å². The van der Waals surface area contributed by atoms with E-state index in [-0.39, 0.29) is 5.54 Å². The van der Waals surface area contributed by atoms with Gasteiger partial charge in [-0.3, -0.25) is 0 Å². The summed E-state index contributed by atoms with van der Waals surface area (Å²) in [5.74, 6) is 2.11. The highest BCUT2D eigenvalue weighted by Gasteiger charge is 2.41. The van der Waals surface area contributed by atoms with Crippen LogP contribution in [-0.2, 0) is 15.6 Å². The van der Waals surface area contributed by atoms with Crippen molar-refractivity contribution < 1.29 is 8.49 Å². The Balaban J connectivity index is 2.06. The van der Waals surface area contributed by atoms with E-state index in [2.05, 4.69) is 29.0 Å². The van der Waals surface area contributed by atoms with Crippen molar-refractivity contribution in [2.75, 3.05) is 7.05 Å². The second-order valence-corrected chi connectivity index (χ2v) is 5.79. The lowest BCUT2D eigenvalue weighted by molar-refractivity contribution is 0.290. The summed E-state index contributed by atoms with van der Waals surface area (Å²) in [5.41, 5.74) is 2.70. The fraction of sp³-hybridized carbons (Fsp3) is 0.900. The highest BCUT2D eigenvalue weighted by atomic mass is 32.2. The highest BCUT2D eigenvalue weighted by Crippen LogP contribution is 2.41. The average molecular weight is 245 g/mol. The van der Waals surface area contributed by atoms with Crippen LogP contribution in [0.4, 0.5) is 0 Å². The lowest BCUT2D eigenvalue weighted by Crippen LogP contribution is -2.44. The van der Waals surface area contributed by atoms with Crippen LogP contribution in [0.15, 0.2) is 4.40 Å². The van der Waals surface area contributed by atoms with Crippen molar-refractivity contribution >= 4 is 17.1 Å². The Morgan fingerprint density at radius 2 is 2.19 bits per heavy atom. The lowest BCUT2D eigenvalue weighted by atomic mass is 9.91.